The van der Waals surface area contributed by atoms with Crippen LogP contribution in [0.3, 0.4) is 0 Å². The van der Waals surface area contributed by atoms with Crippen LogP contribution in [0.4, 0.5) is 5.69 Å². The van der Waals surface area contributed by atoms with Gasteiger partial charge >= 0.3 is 0 Å². The predicted octanol–water partition coefficient (Wildman–Crippen LogP) is 2.89. The third kappa shape index (κ3) is 2.15. The van der Waals surface area contributed by atoms with Crippen molar-refractivity contribution in [3.8, 4) is 5.75 Å². The molecule has 17 heavy (non-hydrogen) atoms. The van der Waals surface area contributed by atoms with Crippen molar-refractivity contribution < 1.29 is 9.53 Å². The molecule has 3 nitrogen and oxygen atoms in total. The molecule has 0 spiro atoms. The molecule has 1 amide bonds. The maximum atomic E-state index is 11.9. The van der Waals surface area contributed by atoms with E-state index in [-0.39, 0.29) is 11.8 Å². The lowest BCUT2D eigenvalue weighted by atomic mass is 10.1. The minimum absolute atomic E-state index is 0.0791. The number of carbonyl (C=O) groups excluding carboxylic acids is 1. The lowest BCUT2D eigenvalue weighted by Gasteiger charge is -2.19. The summed E-state index contributed by atoms with van der Waals surface area (Å²) in [5, 5.41) is 0.514. The van der Waals surface area contributed by atoms with Gasteiger partial charge in [0.15, 0.2) is 5.75 Å². The van der Waals surface area contributed by atoms with Gasteiger partial charge in [-0.05, 0) is 12.1 Å². The highest BCUT2D eigenvalue weighted by molar-refractivity contribution is 6.32. The summed E-state index contributed by atoms with van der Waals surface area (Å²) < 4.78 is 5.25. The molecule has 1 fully saturated rings. The fraction of sp³-hybridized carbons (Fsp3) is 0.308. The standard InChI is InChI=1S/C13H14ClNO2/c1-3-9-7-12(16)15(8-9)11-6-4-5-10(14)13(11)17-2/h3-6,9H,1,7-8H2,2H3. The maximum Gasteiger partial charge on any atom is 0.227 e. The molecule has 0 aromatic heterocycles. The second-order valence-corrected chi connectivity index (χ2v) is 4.40. The van der Waals surface area contributed by atoms with Gasteiger partial charge in [-0.15, -0.1) is 6.58 Å². The SMILES string of the molecule is C=CC1CC(=O)N(c2cccc(Cl)c2OC)C1. The zero-order valence-corrected chi connectivity index (χ0v) is 10.4. The minimum atomic E-state index is 0.0791. The minimum Gasteiger partial charge on any atom is -0.493 e. The van der Waals surface area contributed by atoms with Crippen LogP contribution in [0.25, 0.3) is 0 Å². The molecule has 1 atom stereocenters. The highest BCUT2D eigenvalue weighted by atomic mass is 35.5. The second-order valence-electron chi connectivity index (χ2n) is 4.00. The average molecular weight is 252 g/mol. The van der Waals surface area contributed by atoms with E-state index >= 15 is 0 Å². The van der Waals surface area contributed by atoms with E-state index < -0.39 is 0 Å². The Balaban J connectivity index is 2.38. The van der Waals surface area contributed by atoms with Gasteiger partial charge < -0.3 is 9.64 Å². The molecule has 1 aromatic rings. The zero-order chi connectivity index (χ0) is 12.4. The van der Waals surface area contributed by atoms with E-state index in [0.717, 1.165) is 5.69 Å². The Morgan fingerprint density at radius 2 is 2.35 bits per heavy atom. The van der Waals surface area contributed by atoms with E-state index in [2.05, 4.69) is 6.58 Å². The first-order valence-electron chi connectivity index (χ1n) is 5.42. The zero-order valence-electron chi connectivity index (χ0n) is 9.65. The molecule has 1 heterocycles. The number of nitrogens with zero attached hydrogens (tertiary/aromatic N) is 1. The molecule has 0 aliphatic carbocycles. The van der Waals surface area contributed by atoms with E-state index in [0.29, 0.717) is 23.7 Å². The van der Waals surface area contributed by atoms with Gasteiger partial charge in [0, 0.05) is 18.9 Å². The summed E-state index contributed by atoms with van der Waals surface area (Å²) in [4.78, 5) is 13.6. The van der Waals surface area contributed by atoms with E-state index in [1.165, 1.54) is 0 Å². The number of benzene rings is 1. The molecule has 0 radical (unpaired) electrons. The Bertz CT molecular complexity index is 459. The van der Waals surface area contributed by atoms with Gasteiger partial charge in [0.25, 0.3) is 0 Å². The first kappa shape index (κ1) is 12.0. The number of hydrogen-bond donors (Lipinski definition) is 0. The van der Waals surface area contributed by atoms with Crippen molar-refractivity contribution in [2.24, 2.45) is 5.92 Å². The number of hydrogen-bond acceptors (Lipinski definition) is 2. The summed E-state index contributed by atoms with van der Waals surface area (Å²) in [5.74, 6) is 0.828. The molecule has 0 bridgehead atoms. The number of halogens is 1. The van der Waals surface area contributed by atoms with E-state index in [1.54, 1.807) is 18.1 Å². The Kier molecular flexibility index (Phi) is 3.38. The third-order valence-electron chi connectivity index (χ3n) is 2.93. The van der Waals surface area contributed by atoms with Crippen LogP contribution in [0.1, 0.15) is 6.42 Å². The fourth-order valence-electron chi connectivity index (χ4n) is 2.04. The molecule has 1 unspecified atom stereocenters. The van der Waals surface area contributed by atoms with Crippen LogP contribution in [0.2, 0.25) is 5.02 Å². The van der Waals surface area contributed by atoms with Crippen molar-refractivity contribution in [2.45, 2.75) is 6.42 Å². The molecule has 0 saturated carbocycles. The Labute approximate surface area is 106 Å². The van der Waals surface area contributed by atoms with Crippen molar-refractivity contribution in [3.63, 3.8) is 0 Å². The topological polar surface area (TPSA) is 29.5 Å². The number of methoxy groups -OCH3 is 1. The molecule has 1 saturated heterocycles. The number of para-hydroxylation sites is 1. The molecule has 90 valence electrons. The summed E-state index contributed by atoms with van der Waals surface area (Å²) in [7, 11) is 1.55. The second kappa shape index (κ2) is 4.80. The molecule has 1 aromatic carbocycles. The number of rotatable bonds is 3. The van der Waals surface area contributed by atoms with Crippen molar-refractivity contribution in [1.82, 2.24) is 0 Å². The number of amides is 1. The van der Waals surface area contributed by atoms with E-state index in [9.17, 15) is 4.79 Å². The van der Waals surface area contributed by atoms with Crippen LogP contribution in [0, 0.1) is 5.92 Å². The quantitative estimate of drug-likeness (QED) is 0.773. The first-order chi connectivity index (χ1) is 8.17. The summed E-state index contributed by atoms with van der Waals surface area (Å²) in [6.07, 6.45) is 2.31. The van der Waals surface area contributed by atoms with Crippen molar-refractivity contribution in [3.05, 3.63) is 35.9 Å². The summed E-state index contributed by atoms with van der Waals surface area (Å²) in [5.41, 5.74) is 0.731. The largest absolute Gasteiger partial charge is 0.493 e. The summed E-state index contributed by atoms with van der Waals surface area (Å²) in [6.45, 7) is 4.37. The van der Waals surface area contributed by atoms with Gasteiger partial charge in [-0.2, -0.15) is 0 Å². The predicted molar refractivity (Wildman–Crippen MR) is 68.7 cm³/mol. The normalized spacial score (nSPS) is 19.5. The number of ether oxygens (including phenoxy) is 1. The third-order valence-corrected chi connectivity index (χ3v) is 3.23. The smallest absolute Gasteiger partial charge is 0.227 e. The lowest BCUT2D eigenvalue weighted by molar-refractivity contribution is -0.117. The molecule has 0 N–H and O–H groups in total. The highest BCUT2D eigenvalue weighted by Crippen LogP contribution is 2.38. The van der Waals surface area contributed by atoms with Gasteiger partial charge in [-0.1, -0.05) is 23.7 Å². The molecular weight excluding hydrogens is 238 g/mol. The van der Waals surface area contributed by atoms with Crippen LogP contribution in [-0.4, -0.2) is 19.6 Å². The molecule has 4 heteroatoms. The average Bonchev–Trinajstić information content (AvgIpc) is 2.70. The van der Waals surface area contributed by atoms with Gasteiger partial charge in [0.2, 0.25) is 5.91 Å². The molecule has 1 aliphatic heterocycles. The van der Waals surface area contributed by atoms with E-state index in [4.69, 9.17) is 16.3 Å². The first-order valence-corrected chi connectivity index (χ1v) is 5.80. The molecular formula is C13H14ClNO2. The molecule has 2 rings (SSSR count). The summed E-state index contributed by atoms with van der Waals surface area (Å²) in [6, 6.07) is 5.40. The Morgan fingerprint density at radius 3 is 2.94 bits per heavy atom. The Morgan fingerprint density at radius 1 is 1.59 bits per heavy atom. The fourth-order valence-corrected chi connectivity index (χ4v) is 2.28. The monoisotopic (exact) mass is 251 g/mol. The van der Waals surface area contributed by atoms with Gasteiger partial charge in [0.05, 0.1) is 17.8 Å². The maximum absolute atomic E-state index is 11.9. The van der Waals surface area contributed by atoms with Crippen LogP contribution < -0.4 is 9.64 Å². The van der Waals surface area contributed by atoms with Gasteiger partial charge in [-0.3, -0.25) is 4.79 Å². The van der Waals surface area contributed by atoms with Crippen LogP contribution >= 0.6 is 11.6 Å². The highest BCUT2D eigenvalue weighted by Gasteiger charge is 2.30. The van der Waals surface area contributed by atoms with Gasteiger partial charge in [0.1, 0.15) is 0 Å². The van der Waals surface area contributed by atoms with Crippen LogP contribution in [-0.2, 0) is 4.79 Å². The number of carbonyl (C=O) groups is 1. The van der Waals surface area contributed by atoms with Crippen LogP contribution in [0.15, 0.2) is 30.9 Å². The van der Waals surface area contributed by atoms with Crippen molar-refractivity contribution in [2.75, 3.05) is 18.6 Å². The van der Waals surface area contributed by atoms with Gasteiger partial charge in [-0.25, -0.2) is 0 Å². The summed E-state index contributed by atoms with van der Waals surface area (Å²) >= 11 is 6.04. The van der Waals surface area contributed by atoms with Crippen LogP contribution in [0.5, 0.6) is 5.75 Å². The van der Waals surface area contributed by atoms with Crippen molar-refractivity contribution >= 4 is 23.2 Å². The lowest BCUT2D eigenvalue weighted by Crippen LogP contribution is -2.24. The number of anilines is 1. The van der Waals surface area contributed by atoms with Crippen molar-refractivity contribution in [1.29, 1.82) is 0 Å². The van der Waals surface area contributed by atoms with E-state index in [1.807, 2.05) is 18.2 Å². The Hall–Kier alpha value is -1.48. The molecule has 1 aliphatic rings.